The van der Waals surface area contributed by atoms with Crippen molar-refractivity contribution in [2.24, 2.45) is 5.41 Å². The van der Waals surface area contributed by atoms with Crippen LogP contribution in [0.5, 0.6) is 0 Å². The van der Waals surface area contributed by atoms with E-state index in [9.17, 15) is 27.6 Å². The standard InChI is InChI=1S/C20H24F4N4O2/c1-12-9-14(5-8-28(12)30)25-17(29)15-13(2)16(19(4,21)22)26-27(15)11-18(3)6-7-20(23,24)10-18/h5,8-9,30H,6-7,10-11H2,1-4H3/p+1. The predicted molar refractivity (Wildman–Crippen MR) is 99.9 cm³/mol. The number of rotatable bonds is 5. The summed E-state index contributed by atoms with van der Waals surface area (Å²) in [6, 6.07) is 2.94. The van der Waals surface area contributed by atoms with E-state index in [1.165, 1.54) is 25.3 Å². The van der Waals surface area contributed by atoms with Gasteiger partial charge in [0.2, 0.25) is 17.8 Å². The fraction of sp³-hybridized carbons (Fsp3) is 0.550. The van der Waals surface area contributed by atoms with Crippen molar-refractivity contribution in [3.8, 4) is 0 Å². The molecule has 1 aliphatic carbocycles. The summed E-state index contributed by atoms with van der Waals surface area (Å²) >= 11 is 0. The Hall–Kier alpha value is -2.65. The van der Waals surface area contributed by atoms with E-state index in [0.717, 1.165) is 9.41 Å². The molecule has 3 rings (SSSR count). The van der Waals surface area contributed by atoms with E-state index < -0.39 is 35.3 Å². The molecule has 1 saturated carbocycles. The Labute approximate surface area is 171 Å². The van der Waals surface area contributed by atoms with Gasteiger partial charge in [-0.3, -0.25) is 14.7 Å². The number of hydrogen-bond acceptors (Lipinski definition) is 3. The Bertz CT molecular complexity index is 984. The quantitative estimate of drug-likeness (QED) is 0.425. The van der Waals surface area contributed by atoms with Crippen LogP contribution in [0.2, 0.25) is 0 Å². The largest absolute Gasteiger partial charge is 0.320 e. The fourth-order valence-corrected chi connectivity index (χ4v) is 4.03. The van der Waals surface area contributed by atoms with Gasteiger partial charge in [0.15, 0.2) is 0 Å². The van der Waals surface area contributed by atoms with Crippen LogP contribution in [-0.4, -0.2) is 26.8 Å². The number of amides is 1. The van der Waals surface area contributed by atoms with Crippen molar-refractivity contribution in [2.75, 3.05) is 5.32 Å². The first-order valence-electron chi connectivity index (χ1n) is 9.57. The first-order valence-corrected chi connectivity index (χ1v) is 9.57. The third kappa shape index (κ3) is 4.41. The molecule has 2 N–H and O–H groups in total. The predicted octanol–water partition coefficient (Wildman–Crippen LogP) is 4.21. The minimum atomic E-state index is -3.29. The maximum atomic E-state index is 14.1. The summed E-state index contributed by atoms with van der Waals surface area (Å²) in [5, 5.41) is 16.1. The lowest BCUT2D eigenvalue weighted by Crippen LogP contribution is -2.33. The van der Waals surface area contributed by atoms with Gasteiger partial charge in [-0.1, -0.05) is 6.92 Å². The van der Waals surface area contributed by atoms with Crippen LogP contribution < -0.4 is 10.0 Å². The number of nitrogens with one attached hydrogen (secondary N) is 1. The zero-order valence-corrected chi connectivity index (χ0v) is 17.3. The lowest BCUT2D eigenvalue weighted by molar-refractivity contribution is -0.908. The number of nitrogens with zero attached hydrogens (tertiary/aromatic N) is 3. The summed E-state index contributed by atoms with van der Waals surface area (Å²) < 4.78 is 57.7. The molecule has 164 valence electrons. The SMILES string of the molecule is Cc1c(C(C)(F)F)nn(CC2(C)CCC(F)(F)C2)c1C(=O)Nc1cc[n+](O)c(C)c1. The smallest absolute Gasteiger partial charge is 0.289 e. The van der Waals surface area contributed by atoms with Gasteiger partial charge >= 0.3 is 0 Å². The zero-order valence-electron chi connectivity index (χ0n) is 17.3. The molecule has 2 heterocycles. The van der Waals surface area contributed by atoms with E-state index in [1.807, 2.05) is 0 Å². The first kappa shape index (κ1) is 22.0. The van der Waals surface area contributed by atoms with E-state index in [0.29, 0.717) is 18.3 Å². The van der Waals surface area contributed by atoms with E-state index in [-0.39, 0.29) is 30.6 Å². The molecule has 1 unspecified atom stereocenters. The number of aryl methyl sites for hydroxylation is 1. The number of anilines is 1. The van der Waals surface area contributed by atoms with Crippen molar-refractivity contribution >= 4 is 11.6 Å². The number of alkyl halides is 4. The molecule has 10 heteroatoms. The second kappa shape index (κ2) is 7.24. The first-order chi connectivity index (χ1) is 13.7. The molecule has 1 fully saturated rings. The maximum absolute atomic E-state index is 14.1. The van der Waals surface area contributed by atoms with Crippen molar-refractivity contribution in [1.29, 1.82) is 0 Å². The molecule has 0 spiro atoms. The molecule has 6 nitrogen and oxygen atoms in total. The molecule has 1 atom stereocenters. The summed E-state index contributed by atoms with van der Waals surface area (Å²) in [5.41, 5.74) is -0.737. The zero-order chi connectivity index (χ0) is 22.5. The highest BCUT2D eigenvalue weighted by Crippen LogP contribution is 2.48. The van der Waals surface area contributed by atoms with Gasteiger partial charge in [-0.15, -0.1) is 0 Å². The van der Waals surface area contributed by atoms with Crippen molar-refractivity contribution in [1.82, 2.24) is 9.78 Å². The van der Waals surface area contributed by atoms with E-state index >= 15 is 0 Å². The van der Waals surface area contributed by atoms with Crippen LogP contribution in [0.25, 0.3) is 0 Å². The number of halogens is 4. The molecule has 0 saturated heterocycles. The third-order valence-electron chi connectivity index (χ3n) is 5.51. The third-order valence-corrected chi connectivity index (χ3v) is 5.51. The molecule has 0 aliphatic heterocycles. The summed E-state index contributed by atoms with van der Waals surface area (Å²) in [6.45, 7) is 5.24. The molecule has 0 radical (unpaired) electrons. The Balaban J connectivity index is 1.98. The van der Waals surface area contributed by atoms with Gasteiger partial charge in [-0.05, 0) is 18.8 Å². The fourth-order valence-electron chi connectivity index (χ4n) is 4.03. The van der Waals surface area contributed by atoms with Crippen molar-refractivity contribution in [3.05, 3.63) is 41.0 Å². The lowest BCUT2D eigenvalue weighted by Gasteiger charge is -2.24. The molecular weight excluding hydrogens is 404 g/mol. The summed E-state index contributed by atoms with van der Waals surface area (Å²) in [7, 11) is 0. The number of carbonyl (C=O) groups is 1. The van der Waals surface area contributed by atoms with Gasteiger partial charge in [0.1, 0.15) is 11.4 Å². The van der Waals surface area contributed by atoms with Gasteiger partial charge in [0.25, 0.3) is 11.8 Å². The number of pyridine rings is 1. The Morgan fingerprint density at radius 3 is 2.57 bits per heavy atom. The molecule has 30 heavy (non-hydrogen) atoms. The molecular formula is C20H25F4N4O2+. The Morgan fingerprint density at radius 1 is 1.37 bits per heavy atom. The van der Waals surface area contributed by atoms with Crippen LogP contribution in [0, 0.1) is 19.3 Å². The highest BCUT2D eigenvalue weighted by atomic mass is 19.3. The van der Waals surface area contributed by atoms with Gasteiger partial charge in [-0.25, -0.2) is 8.78 Å². The molecule has 1 amide bonds. The van der Waals surface area contributed by atoms with E-state index in [2.05, 4.69) is 10.4 Å². The van der Waals surface area contributed by atoms with Crippen LogP contribution in [0.4, 0.5) is 23.2 Å². The average molecular weight is 429 g/mol. The molecule has 2 aromatic rings. The summed E-state index contributed by atoms with van der Waals surface area (Å²) in [6.07, 6.45) is 0.841. The molecule has 0 bridgehead atoms. The van der Waals surface area contributed by atoms with Gasteiger partial charge < -0.3 is 5.32 Å². The highest BCUT2D eigenvalue weighted by Gasteiger charge is 2.47. The Kier molecular flexibility index (Phi) is 5.32. The topological polar surface area (TPSA) is 71.0 Å². The number of aromatic nitrogens is 3. The van der Waals surface area contributed by atoms with Crippen molar-refractivity contribution in [2.45, 2.75) is 65.3 Å². The second-order valence-corrected chi connectivity index (χ2v) is 8.57. The van der Waals surface area contributed by atoms with Crippen LogP contribution in [0.15, 0.2) is 18.3 Å². The van der Waals surface area contributed by atoms with Crippen LogP contribution >= 0.6 is 0 Å². The average Bonchev–Trinajstić information content (AvgIpc) is 3.06. The maximum Gasteiger partial charge on any atom is 0.289 e. The van der Waals surface area contributed by atoms with Crippen LogP contribution in [0.1, 0.15) is 60.5 Å². The summed E-state index contributed by atoms with van der Waals surface area (Å²) in [4.78, 5) is 13.0. The lowest BCUT2D eigenvalue weighted by atomic mass is 9.88. The van der Waals surface area contributed by atoms with E-state index in [1.54, 1.807) is 13.8 Å². The van der Waals surface area contributed by atoms with E-state index in [4.69, 9.17) is 0 Å². The highest BCUT2D eigenvalue weighted by molar-refractivity contribution is 6.04. The number of hydrogen-bond donors (Lipinski definition) is 2. The minimum Gasteiger partial charge on any atom is -0.320 e. The monoisotopic (exact) mass is 429 g/mol. The van der Waals surface area contributed by atoms with Gasteiger partial charge in [0.05, 0.1) is 5.69 Å². The minimum absolute atomic E-state index is 0.00164. The summed E-state index contributed by atoms with van der Waals surface area (Å²) in [5.74, 6) is -6.80. The Morgan fingerprint density at radius 2 is 2.03 bits per heavy atom. The normalized spacial score (nSPS) is 21.1. The van der Waals surface area contributed by atoms with Gasteiger partial charge in [-0.2, -0.15) is 13.9 Å². The van der Waals surface area contributed by atoms with Crippen LogP contribution in [0.3, 0.4) is 0 Å². The number of carbonyl (C=O) groups excluding carboxylic acids is 1. The van der Waals surface area contributed by atoms with Crippen molar-refractivity contribution < 1.29 is 32.3 Å². The van der Waals surface area contributed by atoms with Crippen LogP contribution in [-0.2, 0) is 12.5 Å². The molecule has 0 aromatic carbocycles. The molecule has 2 aromatic heterocycles. The van der Waals surface area contributed by atoms with Gasteiger partial charge in [0, 0.05) is 55.7 Å². The van der Waals surface area contributed by atoms with Crippen molar-refractivity contribution in [3.63, 3.8) is 0 Å². The second-order valence-electron chi connectivity index (χ2n) is 8.57. The molecule has 1 aliphatic rings.